The molecule has 2 aromatic rings. The average Bonchev–Trinajstić information content (AvgIpc) is 2.77. The molecule has 0 unspecified atom stereocenters. The Morgan fingerprint density at radius 2 is 2.13 bits per heavy atom. The van der Waals surface area contributed by atoms with Gasteiger partial charge in [-0.05, 0) is 17.3 Å². The largest absolute Gasteiger partial charge is 0.494 e. The minimum Gasteiger partial charge on any atom is -0.494 e. The number of rotatable bonds is 3. The molecule has 0 radical (unpaired) electrons. The number of aromatic nitrogens is 4. The predicted molar refractivity (Wildman–Crippen MR) is 55.1 cm³/mol. The molecule has 0 aliphatic carbocycles. The van der Waals surface area contributed by atoms with Crippen molar-refractivity contribution in [2.24, 2.45) is 0 Å². The van der Waals surface area contributed by atoms with Crippen LogP contribution in [-0.4, -0.2) is 27.3 Å². The van der Waals surface area contributed by atoms with Gasteiger partial charge in [-0.2, -0.15) is 0 Å². The number of para-hydroxylation sites is 2. The molecule has 0 fully saturated rings. The second-order valence-corrected chi connectivity index (χ2v) is 3.02. The Morgan fingerprint density at radius 3 is 2.80 bits per heavy atom. The molecule has 5 heteroatoms. The summed E-state index contributed by atoms with van der Waals surface area (Å²) in [7, 11) is 1.62. The number of aryl methyl sites for hydroxylation is 1. The molecule has 0 saturated heterocycles. The number of hydrogen-bond acceptors (Lipinski definition) is 4. The molecule has 15 heavy (non-hydrogen) atoms. The van der Waals surface area contributed by atoms with Gasteiger partial charge in [0.1, 0.15) is 11.4 Å². The van der Waals surface area contributed by atoms with Gasteiger partial charge in [-0.25, -0.2) is 0 Å². The maximum absolute atomic E-state index is 5.21. The Balaban J connectivity index is 2.44. The Hall–Kier alpha value is -1.91. The third-order valence-corrected chi connectivity index (χ3v) is 2.07. The van der Waals surface area contributed by atoms with E-state index in [2.05, 4.69) is 15.4 Å². The molecule has 1 heterocycles. The normalized spacial score (nSPS) is 10.3. The summed E-state index contributed by atoms with van der Waals surface area (Å²) in [5.74, 6) is 1.46. The van der Waals surface area contributed by atoms with Crippen LogP contribution in [0, 0.1) is 0 Å². The lowest BCUT2D eigenvalue weighted by molar-refractivity contribution is 0.409. The van der Waals surface area contributed by atoms with Crippen LogP contribution in [-0.2, 0) is 6.42 Å². The molecular formula is C10H12N4O. The summed E-state index contributed by atoms with van der Waals surface area (Å²) < 4.78 is 5.21. The first-order chi connectivity index (χ1) is 7.35. The monoisotopic (exact) mass is 204 g/mol. The minimum atomic E-state index is 0.723. The van der Waals surface area contributed by atoms with E-state index >= 15 is 0 Å². The summed E-state index contributed by atoms with van der Waals surface area (Å²) in [6.45, 7) is 1.99. The predicted octanol–water partition coefficient (Wildman–Crippen LogP) is 1.23. The number of hydrogen-bond donors (Lipinski definition) is 0. The van der Waals surface area contributed by atoms with Crippen LogP contribution in [0.2, 0.25) is 0 Å². The van der Waals surface area contributed by atoms with Crippen LogP contribution in [0.25, 0.3) is 5.69 Å². The molecule has 0 atom stereocenters. The van der Waals surface area contributed by atoms with Crippen molar-refractivity contribution in [2.75, 3.05) is 7.11 Å². The molecule has 0 bridgehead atoms. The van der Waals surface area contributed by atoms with Crippen molar-refractivity contribution in [1.29, 1.82) is 0 Å². The smallest absolute Gasteiger partial charge is 0.174 e. The van der Waals surface area contributed by atoms with Gasteiger partial charge in [0, 0.05) is 6.42 Å². The molecule has 0 saturated carbocycles. The molecule has 0 aliphatic heterocycles. The van der Waals surface area contributed by atoms with Gasteiger partial charge >= 0.3 is 0 Å². The van der Waals surface area contributed by atoms with Gasteiger partial charge in [0.2, 0.25) is 0 Å². The van der Waals surface area contributed by atoms with Crippen molar-refractivity contribution in [3.63, 3.8) is 0 Å². The van der Waals surface area contributed by atoms with E-state index in [1.807, 2.05) is 31.2 Å². The lowest BCUT2D eigenvalue weighted by Crippen LogP contribution is -2.01. The Kier molecular flexibility index (Phi) is 2.62. The summed E-state index contributed by atoms with van der Waals surface area (Å²) in [6.07, 6.45) is 0.773. The van der Waals surface area contributed by atoms with Crippen molar-refractivity contribution in [1.82, 2.24) is 20.2 Å². The van der Waals surface area contributed by atoms with Gasteiger partial charge in [0.15, 0.2) is 5.82 Å². The standard InChI is InChI=1S/C10H12N4O/c1-3-10-11-13-14(12-10)8-6-4-5-7-9(8)15-2/h4-7H,3H2,1-2H3. The van der Waals surface area contributed by atoms with Gasteiger partial charge in [-0.1, -0.05) is 19.1 Å². The van der Waals surface area contributed by atoms with Crippen LogP contribution in [0.1, 0.15) is 12.7 Å². The third-order valence-electron chi connectivity index (χ3n) is 2.07. The Morgan fingerprint density at radius 1 is 1.33 bits per heavy atom. The van der Waals surface area contributed by atoms with Crippen LogP contribution in [0.4, 0.5) is 0 Å². The van der Waals surface area contributed by atoms with E-state index in [-0.39, 0.29) is 0 Å². The molecule has 5 nitrogen and oxygen atoms in total. The average molecular weight is 204 g/mol. The van der Waals surface area contributed by atoms with Crippen molar-refractivity contribution >= 4 is 0 Å². The van der Waals surface area contributed by atoms with Crippen molar-refractivity contribution < 1.29 is 4.74 Å². The van der Waals surface area contributed by atoms with E-state index in [1.165, 1.54) is 4.80 Å². The molecule has 0 spiro atoms. The molecular weight excluding hydrogens is 192 g/mol. The molecule has 0 aliphatic rings. The Labute approximate surface area is 87.7 Å². The van der Waals surface area contributed by atoms with E-state index in [0.717, 1.165) is 23.7 Å². The van der Waals surface area contributed by atoms with Crippen molar-refractivity contribution in [3.05, 3.63) is 30.1 Å². The Bertz CT molecular complexity index is 452. The van der Waals surface area contributed by atoms with Crippen molar-refractivity contribution in [2.45, 2.75) is 13.3 Å². The summed E-state index contributed by atoms with van der Waals surface area (Å²) in [5, 5.41) is 12.1. The first kappa shape index (κ1) is 9.64. The molecule has 0 N–H and O–H groups in total. The molecule has 78 valence electrons. The van der Waals surface area contributed by atoms with Crippen LogP contribution < -0.4 is 4.74 Å². The molecule has 2 rings (SSSR count). The zero-order chi connectivity index (χ0) is 10.7. The summed E-state index contributed by atoms with van der Waals surface area (Å²) in [6, 6.07) is 7.57. The van der Waals surface area contributed by atoms with Crippen LogP contribution in [0.15, 0.2) is 24.3 Å². The number of methoxy groups -OCH3 is 1. The molecule has 1 aromatic carbocycles. The molecule has 1 aromatic heterocycles. The number of nitrogens with zero attached hydrogens (tertiary/aromatic N) is 4. The third kappa shape index (κ3) is 1.81. The zero-order valence-electron chi connectivity index (χ0n) is 8.71. The highest BCUT2D eigenvalue weighted by Crippen LogP contribution is 2.19. The summed E-state index contributed by atoms with van der Waals surface area (Å²) in [4.78, 5) is 1.48. The van der Waals surface area contributed by atoms with Gasteiger partial charge in [0.05, 0.1) is 7.11 Å². The number of benzene rings is 1. The first-order valence-electron chi connectivity index (χ1n) is 4.77. The number of ether oxygens (including phenoxy) is 1. The van der Waals surface area contributed by atoms with E-state index in [4.69, 9.17) is 4.74 Å². The van der Waals surface area contributed by atoms with Crippen LogP contribution in [0.5, 0.6) is 5.75 Å². The van der Waals surface area contributed by atoms with E-state index < -0.39 is 0 Å². The number of tetrazole rings is 1. The second-order valence-electron chi connectivity index (χ2n) is 3.02. The van der Waals surface area contributed by atoms with Crippen LogP contribution in [0.3, 0.4) is 0 Å². The summed E-state index contributed by atoms with van der Waals surface area (Å²) >= 11 is 0. The van der Waals surface area contributed by atoms with Gasteiger partial charge in [0.25, 0.3) is 0 Å². The topological polar surface area (TPSA) is 52.8 Å². The minimum absolute atomic E-state index is 0.723. The highest BCUT2D eigenvalue weighted by Gasteiger charge is 2.07. The van der Waals surface area contributed by atoms with Crippen molar-refractivity contribution in [3.8, 4) is 11.4 Å². The zero-order valence-corrected chi connectivity index (χ0v) is 8.71. The quantitative estimate of drug-likeness (QED) is 0.754. The van der Waals surface area contributed by atoms with E-state index in [9.17, 15) is 0 Å². The van der Waals surface area contributed by atoms with Gasteiger partial charge in [-0.15, -0.1) is 15.0 Å². The highest BCUT2D eigenvalue weighted by molar-refractivity contribution is 5.44. The van der Waals surface area contributed by atoms with E-state index in [1.54, 1.807) is 7.11 Å². The van der Waals surface area contributed by atoms with Gasteiger partial charge in [-0.3, -0.25) is 0 Å². The second kappa shape index (κ2) is 4.08. The lowest BCUT2D eigenvalue weighted by atomic mass is 10.3. The first-order valence-corrected chi connectivity index (χ1v) is 4.77. The van der Waals surface area contributed by atoms with E-state index in [0.29, 0.717) is 0 Å². The van der Waals surface area contributed by atoms with Crippen LogP contribution >= 0.6 is 0 Å². The SMILES string of the molecule is CCc1nnn(-c2ccccc2OC)n1. The fourth-order valence-corrected chi connectivity index (χ4v) is 1.28. The molecule has 0 amide bonds. The lowest BCUT2D eigenvalue weighted by Gasteiger charge is -2.04. The van der Waals surface area contributed by atoms with Gasteiger partial charge < -0.3 is 4.74 Å². The fourth-order valence-electron chi connectivity index (χ4n) is 1.28. The highest BCUT2D eigenvalue weighted by atomic mass is 16.5. The maximum atomic E-state index is 5.21. The fraction of sp³-hybridized carbons (Fsp3) is 0.300. The maximum Gasteiger partial charge on any atom is 0.174 e. The summed E-state index contributed by atoms with van der Waals surface area (Å²) in [5.41, 5.74) is 0.798.